The van der Waals surface area contributed by atoms with Gasteiger partial charge < -0.3 is 5.11 Å². The minimum absolute atomic E-state index is 0.0219. The molecule has 0 saturated carbocycles. The van der Waals surface area contributed by atoms with Gasteiger partial charge in [0, 0.05) is 0 Å². The zero-order valence-electron chi connectivity index (χ0n) is 11.4. The lowest BCUT2D eigenvalue weighted by Crippen LogP contribution is -2.39. The Balaban J connectivity index is 1.84. The maximum absolute atomic E-state index is 12.5. The molecule has 0 bridgehead atoms. The Morgan fingerprint density at radius 3 is 2.59 bits per heavy atom. The van der Waals surface area contributed by atoms with Crippen molar-refractivity contribution in [1.82, 2.24) is 4.90 Å². The fraction of sp³-hybridized carbons (Fsp3) is 0.286. The monoisotopic (exact) mass is 355 g/mol. The fourth-order valence-corrected chi connectivity index (χ4v) is 5.60. The first kappa shape index (κ1) is 15.5. The molecule has 2 saturated heterocycles. The molecule has 0 aromatic heterocycles. The summed E-state index contributed by atoms with van der Waals surface area (Å²) in [6, 6.07) is 6.11. The molecule has 3 rings (SSSR count). The van der Waals surface area contributed by atoms with Gasteiger partial charge in [-0.25, -0.2) is 8.42 Å². The van der Waals surface area contributed by atoms with Crippen molar-refractivity contribution in [2.45, 2.75) is 12.5 Å². The zero-order valence-corrected chi connectivity index (χ0v) is 13.9. The van der Waals surface area contributed by atoms with Gasteiger partial charge in [-0.15, -0.1) is 0 Å². The van der Waals surface area contributed by atoms with E-state index >= 15 is 0 Å². The van der Waals surface area contributed by atoms with E-state index < -0.39 is 9.84 Å². The predicted molar refractivity (Wildman–Crippen MR) is 90.2 cm³/mol. The van der Waals surface area contributed by atoms with Crippen molar-refractivity contribution in [3.63, 3.8) is 0 Å². The minimum Gasteiger partial charge on any atom is -0.508 e. The number of benzene rings is 1. The van der Waals surface area contributed by atoms with Crippen molar-refractivity contribution in [2.24, 2.45) is 0 Å². The summed E-state index contributed by atoms with van der Waals surface area (Å²) < 4.78 is 23.6. The van der Waals surface area contributed by atoms with E-state index in [4.69, 9.17) is 12.2 Å². The number of thioether (sulfide) groups is 1. The van der Waals surface area contributed by atoms with Crippen molar-refractivity contribution >= 4 is 50.1 Å². The normalized spacial score (nSPS) is 26.1. The van der Waals surface area contributed by atoms with Crippen LogP contribution in [0.3, 0.4) is 0 Å². The van der Waals surface area contributed by atoms with Crippen molar-refractivity contribution < 1.29 is 18.3 Å². The molecular weight excluding hydrogens is 342 g/mol. The number of hydrogen-bond donors (Lipinski definition) is 1. The Morgan fingerprint density at radius 1 is 1.32 bits per heavy atom. The van der Waals surface area contributed by atoms with Gasteiger partial charge in [0.25, 0.3) is 5.91 Å². The predicted octanol–water partition coefficient (Wildman–Crippen LogP) is 1.78. The SMILES string of the molecule is O=C1/C(=C\c2ccc(O)cc2)SC(=S)N1[C@@H]1CCS(=O)(=O)C1. The summed E-state index contributed by atoms with van der Waals surface area (Å²) in [6.07, 6.45) is 2.13. The third kappa shape index (κ3) is 3.04. The van der Waals surface area contributed by atoms with Gasteiger partial charge in [-0.05, 0) is 30.2 Å². The Kier molecular flexibility index (Phi) is 4.00. The molecule has 2 aliphatic rings. The molecule has 22 heavy (non-hydrogen) atoms. The van der Waals surface area contributed by atoms with E-state index in [2.05, 4.69) is 0 Å². The molecule has 2 aliphatic heterocycles. The number of nitrogens with zero attached hydrogens (tertiary/aromatic N) is 1. The number of phenolic OH excluding ortho intramolecular Hbond substituents is 1. The highest BCUT2D eigenvalue weighted by atomic mass is 32.2. The van der Waals surface area contributed by atoms with Crippen LogP contribution in [-0.2, 0) is 14.6 Å². The summed E-state index contributed by atoms with van der Waals surface area (Å²) in [5, 5.41) is 9.27. The molecular formula is C14H13NO4S3. The van der Waals surface area contributed by atoms with Crippen LogP contribution in [0, 0.1) is 0 Å². The van der Waals surface area contributed by atoms with Gasteiger partial charge >= 0.3 is 0 Å². The summed E-state index contributed by atoms with van der Waals surface area (Å²) in [5.74, 6) is -0.0106. The number of sulfone groups is 1. The van der Waals surface area contributed by atoms with E-state index in [1.165, 1.54) is 28.8 Å². The van der Waals surface area contributed by atoms with Gasteiger partial charge in [0.2, 0.25) is 0 Å². The summed E-state index contributed by atoms with van der Waals surface area (Å²) in [4.78, 5) is 14.4. The molecule has 5 nitrogen and oxygen atoms in total. The summed E-state index contributed by atoms with van der Waals surface area (Å²) in [5.41, 5.74) is 0.775. The van der Waals surface area contributed by atoms with Gasteiger partial charge in [-0.1, -0.05) is 36.1 Å². The van der Waals surface area contributed by atoms with Gasteiger partial charge in [-0.2, -0.15) is 0 Å². The van der Waals surface area contributed by atoms with Crippen LogP contribution >= 0.6 is 24.0 Å². The number of carbonyl (C=O) groups is 1. The van der Waals surface area contributed by atoms with Crippen LogP contribution in [0.15, 0.2) is 29.2 Å². The molecule has 2 heterocycles. The van der Waals surface area contributed by atoms with Crippen molar-refractivity contribution in [3.05, 3.63) is 34.7 Å². The summed E-state index contributed by atoms with van der Waals surface area (Å²) in [6.45, 7) is 0. The fourth-order valence-electron chi connectivity index (χ4n) is 2.50. The number of hydrogen-bond acceptors (Lipinski definition) is 6. The van der Waals surface area contributed by atoms with Gasteiger partial charge in [-0.3, -0.25) is 9.69 Å². The lowest BCUT2D eigenvalue weighted by molar-refractivity contribution is -0.123. The highest BCUT2D eigenvalue weighted by Crippen LogP contribution is 2.36. The Morgan fingerprint density at radius 2 is 2.00 bits per heavy atom. The van der Waals surface area contributed by atoms with Gasteiger partial charge in [0.1, 0.15) is 10.1 Å². The van der Waals surface area contributed by atoms with Crippen molar-refractivity contribution in [3.8, 4) is 5.75 Å². The average molecular weight is 355 g/mol. The van der Waals surface area contributed by atoms with E-state index in [0.29, 0.717) is 15.6 Å². The first-order chi connectivity index (χ1) is 10.4. The van der Waals surface area contributed by atoms with E-state index in [9.17, 15) is 18.3 Å². The number of aromatic hydroxyl groups is 1. The Hall–Kier alpha value is -1.38. The van der Waals surface area contributed by atoms with E-state index in [0.717, 1.165) is 5.56 Å². The standard InChI is InChI=1S/C14H13NO4S3/c16-11-3-1-9(2-4-11)7-12-13(17)15(14(20)21-12)10-5-6-22(18,19)8-10/h1-4,7,10,16H,5-6,8H2/b12-7+/t10-/m1/s1. The van der Waals surface area contributed by atoms with Crippen LogP contribution in [0.4, 0.5) is 0 Å². The Bertz CT molecular complexity index is 768. The zero-order chi connectivity index (χ0) is 15.9. The molecule has 1 amide bonds. The molecule has 116 valence electrons. The number of phenols is 1. The second kappa shape index (κ2) is 5.68. The van der Waals surface area contributed by atoms with Crippen LogP contribution < -0.4 is 0 Å². The molecule has 8 heteroatoms. The van der Waals surface area contributed by atoms with Crippen LogP contribution in [0.2, 0.25) is 0 Å². The first-order valence-electron chi connectivity index (χ1n) is 6.62. The average Bonchev–Trinajstić information content (AvgIpc) is 2.93. The number of rotatable bonds is 2. The van der Waals surface area contributed by atoms with Crippen molar-refractivity contribution in [1.29, 1.82) is 0 Å². The number of carbonyl (C=O) groups excluding carboxylic acids is 1. The first-order valence-corrected chi connectivity index (χ1v) is 9.67. The molecule has 0 aliphatic carbocycles. The van der Waals surface area contributed by atoms with Gasteiger partial charge in [0.05, 0.1) is 22.5 Å². The molecule has 1 aromatic rings. The lowest BCUT2D eigenvalue weighted by Gasteiger charge is -2.20. The van der Waals surface area contributed by atoms with Crippen LogP contribution in [-0.4, -0.2) is 46.2 Å². The van der Waals surface area contributed by atoms with Gasteiger partial charge in [0.15, 0.2) is 9.84 Å². The van der Waals surface area contributed by atoms with E-state index in [1.54, 1.807) is 18.2 Å². The smallest absolute Gasteiger partial charge is 0.266 e. The molecule has 1 atom stereocenters. The maximum Gasteiger partial charge on any atom is 0.266 e. The Labute approximate surface area is 137 Å². The van der Waals surface area contributed by atoms with Crippen LogP contribution in [0.25, 0.3) is 6.08 Å². The molecule has 0 spiro atoms. The third-order valence-electron chi connectivity index (χ3n) is 3.59. The quantitative estimate of drug-likeness (QED) is 0.644. The highest BCUT2D eigenvalue weighted by molar-refractivity contribution is 8.26. The largest absolute Gasteiger partial charge is 0.508 e. The molecule has 2 fully saturated rings. The third-order valence-corrected chi connectivity index (χ3v) is 6.67. The van der Waals surface area contributed by atoms with Crippen molar-refractivity contribution in [2.75, 3.05) is 11.5 Å². The topological polar surface area (TPSA) is 74.7 Å². The maximum atomic E-state index is 12.5. The summed E-state index contributed by atoms with van der Waals surface area (Å²) in [7, 11) is -3.07. The number of amides is 1. The highest BCUT2D eigenvalue weighted by Gasteiger charge is 2.41. The molecule has 0 radical (unpaired) electrons. The number of thiocarbonyl (C=S) groups is 1. The molecule has 0 unspecified atom stereocenters. The lowest BCUT2D eigenvalue weighted by atomic mass is 10.2. The second-order valence-corrected chi connectivity index (χ2v) is 9.10. The summed E-state index contributed by atoms with van der Waals surface area (Å²) >= 11 is 6.42. The molecule has 1 N–H and O–H groups in total. The van der Waals surface area contributed by atoms with E-state index in [1.807, 2.05) is 0 Å². The van der Waals surface area contributed by atoms with Crippen LogP contribution in [0.5, 0.6) is 5.75 Å². The van der Waals surface area contributed by atoms with Crippen LogP contribution in [0.1, 0.15) is 12.0 Å². The second-order valence-electron chi connectivity index (χ2n) is 5.20. The minimum atomic E-state index is -3.07. The van der Waals surface area contributed by atoms with E-state index in [-0.39, 0.29) is 29.2 Å². The molecule has 1 aromatic carbocycles.